The van der Waals surface area contributed by atoms with Gasteiger partial charge in [-0.25, -0.2) is 0 Å². The highest BCUT2D eigenvalue weighted by Crippen LogP contribution is 2.36. The molecule has 1 aliphatic heterocycles. The molecule has 0 saturated heterocycles. The molecule has 2 rings (SSSR count). The molecule has 0 fully saturated rings. The summed E-state index contributed by atoms with van der Waals surface area (Å²) < 4.78 is 1.01. The number of carbonyl (C=O) groups is 1. The molecule has 0 aliphatic carbocycles. The van der Waals surface area contributed by atoms with Gasteiger partial charge in [0.2, 0.25) is 5.91 Å². The van der Waals surface area contributed by atoms with Crippen molar-refractivity contribution in [2.75, 3.05) is 11.9 Å². The second kappa shape index (κ2) is 3.94. The number of rotatable bonds is 1. The normalized spacial score (nSPS) is 19.7. The molecule has 1 heterocycles. The first-order valence-corrected chi connectivity index (χ1v) is 5.71. The van der Waals surface area contributed by atoms with E-state index in [0.717, 1.165) is 21.3 Å². The van der Waals surface area contributed by atoms with Crippen LogP contribution in [0.2, 0.25) is 0 Å². The fourth-order valence-electron chi connectivity index (χ4n) is 1.95. The first-order chi connectivity index (χ1) is 7.13. The van der Waals surface area contributed by atoms with Gasteiger partial charge in [0, 0.05) is 22.5 Å². The smallest absolute Gasteiger partial charge is 0.225 e. The Balaban J connectivity index is 2.55. The molecule has 3 nitrogen and oxygen atoms in total. The molecule has 1 atom stereocenters. The van der Waals surface area contributed by atoms with Gasteiger partial charge in [0.05, 0.1) is 0 Å². The molecule has 0 radical (unpaired) electrons. The van der Waals surface area contributed by atoms with Gasteiger partial charge in [-0.3, -0.25) is 4.79 Å². The maximum Gasteiger partial charge on any atom is 0.225 e. The molecule has 0 aromatic heterocycles. The Bertz CT molecular complexity index is 417. The summed E-state index contributed by atoms with van der Waals surface area (Å²) in [7, 11) is 0. The summed E-state index contributed by atoms with van der Waals surface area (Å²) in [6.45, 7) is 2.50. The molecule has 1 amide bonds. The molecule has 1 aromatic rings. The summed E-state index contributed by atoms with van der Waals surface area (Å²) in [5.41, 5.74) is 8.82. The zero-order valence-corrected chi connectivity index (χ0v) is 10.1. The Labute approximate surface area is 97.2 Å². The minimum absolute atomic E-state index is 0.0548. The highest BCUT2D eigenvalue weighted by atomic mass is 79.9. The van der Waals surface area contributed by atoms with Crippen molar-refractivity contribution in [2.24, 2.45) is 5.73 Å². The average molecular weight is 269 g/mol. The van der Waals surface area contributed by atoms with Crippen LogP contribution in [0.5, 0.6) is 0 Å². The van der Waals surface area contributed by atoms with Gasteiger partial charge in [-0.2, -0.15) is 0 Å². The van der Waals surface area contributed by atoms with Crippen molar-refractivity contribution >= 4 is 27.5 Å². The Morgan fingerprint density at radius 2 is 2.33 bits per heavy atom. The lowest BCUT2D eigenvalue weighted by molar-refractivity contribution is -0.116. The van der Waals surface area contributed by atoms with Crippen molar-refractivity contribution in [1.82, 2.24) is 0 Å². The van der Waals surface area contributed by atoms with Gasteiger partial charge < -0.3 is 11.1 Å². The molecule has 0 bridgehead atoms. The molecule has 1 aromatic carbocycles. The SMILES string of the molecule is Cc1c(Br)ccc2c1NC(=O)CC2CN. The van der Waals surface area contributed by atoms with Gasteiger partial charge >= 0.3 is 0 Å². The van der Waals surface area contributed by atoms with Gasteiger partial charge in [-0.1, -0.05) is 22.0 Å². The number of nitrogens with one attached hydrogen (secondary N) is 1. The lowest BCUT2D eigenvalue weighted by Gasteiger charge is -2.26. The van der Waals surface area contributed by atoms with Crippen LogP contribution in [0.4, 0.5) is 5.69 Å². The fraction of sp³-hybridized carbons (Fsp3) is 0.364. The number of hydrogen-bond donors (Lipinski definition) is 2. The van der Waals surface area contributed by atoms with E-state index in [1.807, 2.05) is 19.1 Å². The first-order valence-electron chi connectivity index (χ1n) is 4.92. The summed E-state index contributed by atoms with van der Waals surface area (Å²) in [5, 5.41) is 2.91. The second-order valence-corrected chi connectivity index (χ2v) is 4.68. The minimum Gasteiger partial charge on any atom is -0.330 e. The van der Waals surface area contributed by atoms with E-state index in [9.17, 15) is 4.79 Å². The summed E-state index contributed by atoms with van der Waals surface area (Å²) in [5.74, 6) is 0.208. The number of carbonyl (C=O) groups excluding carboxylic acids is 1. The van der Waals surface area contributed by atoms with E-state index in [-0.39, 0.29) is 11.8 Å². The second-order valence-electron chi connectivity index (χ2n) is 3.82. The number of anilines is 1. The van der Waals surface area contributed by atoms with Crippen LogP contribution in [0.3, 0.4) is 0 Å². The molecule has 0 spiro atoms. The Hall–Kier alpha value is -0.870. The summed E-state index contributed by atoms with van der Waals surface area (Å²) in [6, 6.07) is 4.04. The predicted octanol–water partition coefficient (Wildman–Crippen LogP) is 2.14. The average Bonchev–Trinajstić information content (AvgIpc) is 2.23. The van der Waals surface area contributed by atoms with Crippen molar-refractivity contribution in [3.8, 4) is 0 Å². The van der Waals surface area contributed by atoms with Crippen LogP contribution >= 0.6 is 15.9 Å². The lowest BCUT2D eigenvalue weighted by atomic mass is 9.89. The molecule has 1 aliphatic rings. The third-order valence-corrected chi connectivity index (χ3v) is 3.71. The third-order valence-electron chi connectivity index (χ3n) is 2.85. The van der Waals surface area contributed by atoms with E-state index in [1.165, 1.54) is 0 Å². The minimum atomic E-state index is 0.0548. The standard InChI is InChI=1S/C11H13BrN2O/c1-6-9(12)3-2-8-7(5-13)4-10(15)14-11(6)8/h2-3,7H,4-5,13H2,1H3,(H,14,15). The topological polar surface area (TPSA) is 55.1 Å². The van der Waals surface area contributed by atoms with Crippen molar-refractivity contribution < 1.29 is 4.79 Å². The van der Waals surface area contributed by atoms with Crippen LogP contribution < -0.4 is 11.1 Å². The quantitative estimate of drug-likeness (QED) is 0.820. The number of hydrogen-bond acceptors (Lipinski definition) is 2. The monoisotopic (exact) mass is 268 g/mol. The van der Waals surface area contributed by atoms with E-state index in [0.29, 0.717) is 13.0 Å². The zero-order chi connectivity index (χ0) is 11.0. The van der Waals surface area contributed by atoms with E-state index in [2.05, 4.69) is 21.2 Å². The zero-order valence-electron chi connectivity index (χ0n) is 8.51. The molecule has 15 heavy (non-hydrogen) atoms. The predicted molar refractivity (Wildman–Crippen MR) is 63.9 cm³/mol. The summed E-state index contributed by atoms with van der Waals surface area (Å²) in [4.78, 5) is 11.5. The molecule has 4 heteroatoms. The van der Waals surface area contributed by atoms with Crippen LogP contribution in [-0.2, 0) is 4.79 Å². The Morgan fingerprint density at radius 1 is 1.60 bits per heavy atom. The molecular formula is C11H13BrN2O. The molecule has 80 valence electrons. The summed E-state index contributed by atoms with van der Waals surface area (Å²) in [6.07, 6.45) is 0.491. The van der Waals surface area contributed by atoms with Gasteiger partial charge in [0.15, 0.2) is 0 Å². The molecular weight excluding hydrogens is 256 g/mol. The van der Waals surface area contributed by atoms with Crippen molar-refractivity contribution in [1.29, 1.82) is 0 Å². The van der Waals surface area contributed by atoms with Gasteiger partial charge in [-0.15, -0.1) is 0 Å². The number of fused-ring (bicyclic) bond motifs is 1. The number of nitrogens with two attached hydrogens (primary N) is 1. The maximum atomic E-state index is 11.5. The number of halogens is 1. The maximum absolute atomic E-state index is 11.5. The largest absolute Gasteiger partial charge is 0.330 e. The van der Waals surface area contributed by atoms with Crippen LogP contribution in [0.25, 0.3) is 0 Å². The van der Waals surface area contributed by atoms with Gasteiger partial charge in [-0.05, 0) is 30.7 Å². The van der Waals surface area contributed by atoms with Crippen molar-refractivity contribution in [3.05, 3.63) is 27.7 Å². The van der Waals surface area contributed by atoms with Crippen molar-refractivity contribution in [2.45, 2.75) is 19.3 Å². The van der Waals surface area contributed by atoms with Crippen molar-refractivity contribution in [3.63, 3.8) is 0 Å². The fourth-order valence-corrected chi connectivity index (χ4v) is 2.28. The van der Waals surface area contributed by atoms with Gasteiger partial charge in [0.25, 0.3) is 0 Å². The Kier molecular flexibility index (Phi) is 2.80. The number of amides is 1. The van der Waals surface area contributed by atoms with E-state index in [1.54, 1.807) is 0 Å². The molecule has 3 N–H and O–H groups in total. The first kappa shape index (κ1) is 10.6. The van der Waals surface area contributed by atoms with Crippen LogP contribution in [0, 0.1) is 6.92 Å². The van der Waals surface area contributed by atoms with Gasteiger partial charge in [0.1, 0.15) is 0 Å². The van der Waals surface area contributed by atoms with Crippen LogP contribution in [-0.4, -0.2) is 12.5 Å². The number of benzene rings is 1. The van der Waals surface area contributed by atoms with Crippen LogP contribution in [0.15, 0.2) is 16.6 Å². The third kappa shape index (κ3) is 1.79. The highest BCUT2D eigenvalue weighted by Gasteiger charge is 2.25. The summed E-state index contributed by atoms with van der Waals surface area (Å²) >= 11 is 3.45. The highest BCUT2D eigenvalue weighted by molar-refractivity contribution is 9.10. The van der Waals surface area contributed by atoms with E-state index in [4.69, 9.17) is 5.73 Å². The lowest BCUT2D eigenvalue weighted by Crippen LogP contribution is -2.27. The van der Waals surface area contributed by atoms with E-state index < -0.39 is 0 Å². The molecule has 0 saturated carbocycles. The Morgan fingerprint density at radius 3 is 3.00 bits per heavy atom. The molecule has 1 unspecified atom stereocenters. The van der Waals surface area contributed by atoms with Crippen LogP contribution in [0.1, 0.15) is 23.5 Å². The van der Waals surface area contributed by atoms with E-state index >= 15 is 0 Å².